The van der Waals surface area contributed by atoms with E-state index in [0.29, 0.717) is 6.42 Å². The van der Waals surface area contributed by atoms with Crippen LogP contribution in [0.25, 0.3) is 0 Å². The highest BCUT2D eigenvalue weighted by Gasteiger charge is 2.33. The minimum atomic E-state index is -0.617. The van der Waals surface area contributed by atoms with Crippen molar-refractivity contribution in [3.05, 3.63) is 0 Å². The van der Waals surface area contributed by atoms with E-state index in [4.69, 9.17) is 6.42 Å². The van der Waals surface area contributed by atoms with E-state index in [-0.39, 0.29) is 24.8 Å². The van der Waals surface area contributed by atoms with Gasteiger partial charge in [-0.15, -0.1) is 6.42 Å². The van der Waals surface area contributed by atoms with Crippen LogP contribution in [0.15, 0.2) is 0 Å². The summed E-state index contributed by atoms with van der Waals surface area (Å²) in [6.45, 7) is 1.29. The number of nitrogens with zero attached hydrogens (tertiary/aromatic N) is 1. The van der Waals surface area contributed by atoms with Gasteiger partial charge in [-0.1, -0.05) is 5.92 Å². The molecule has 1 saturated heterocycles. The molecule has 5 nitrogen and oxygen atoms in total. The second kappa shape index (κ2) is 4.60. The second-order valence-electron chi connectivity index (χ2n) is 3.31. The molecule has 3 amide bonds. The molecule has 1 heterocycles. The lowest BCUT2D eigenvalue weighted by molar-refractivity contribution is -0.150. The number of likely N-dealkylation sites (tertiary alicyclic amines) is 1. The number of nitrogens with one attached hydrogen (secondary N) is 1. The Kier molecular flexibility index (Phi) is 3.45. The predicted molar refractivity (Wildman–Crippen MR) is 52.4 cm³/mol. The molecule has 0 bridgehead atoms. The monoisotopic (exact) mass is 208 g/mol. The lowest BCUT2D eigenvalue weighted by Gasteiger charge is -2.29. The number of carbonyl (C=O) groups is 3. The highest BCUT2D eigenvalue weighted by atomic mass is 16.2. The van der Waals surface area contributed by atoms with Gasteiger partial charge in [0.1, 0.15) is 6.04 Å². The van der Waals surface area contributed by atoms with Gasteiger partial charge in [0, 0.05) is 13.3 Å². The van der Waals surface area contributed by atoms with Gasteiger partial charge in [0.05, 0.1) is 6.54 Å². The molecule has 1 aliphatic rings. The first kappa shape index (κ1) is 11.2. The molecule has 0 radical (unpaired) electrons. The summed E-state index contributed by atoms with van der Waals surface area (Å²) in [6.07, 6.45) is 5.63. The zero-order valence-electron chi connectivity index (χ0n) is 8.45. The molecule has 1 N–H and O–H groups in total. The molecular formula is C10H12N2O3. The standard InChI is InChI=1S/C10H12N2O3/c1-3-6-12-9(14)5-4-8(10(12)15)11-7(2)13/h1,8H,4-6H2,2H3,(H,11,13). The van der Waals surface area contributed by atoms with Crippen LogP contribution in [0.5, 0.6) is 0 Å². The summed E-state index contributed by atoms with van der Waals surface area (Å²) in [5, 5.41) is 2.49. The molecule has 0 spiro atoms. The summed E-state index contributed by atoms with van der Waals surface area (Å²) < 4.78 is 0. The van der Waals surface area contributed by atoms with Gasteiger partial charge in [0.2, 0.25) is 11.8 Å². The Morgan fingerprint density at radius 1 is 1.67 bits per heavy atom. The molecule has 0 aromatic rings. The highest BCUT2D eigenvalue weighted by molar-refractivity contribution is 6.01. The smallest absolute Gasteiger partial charge is 0.252 e. The van der Waals surface area contributed by atoms with E-state index in [9.17, 15) is 14.4 Å². The number of imide groups is 1. The van der Waals surface area contributed by atoms with Crippen LogP contribution in [0.3, 0.4) is 0 Å². The maximum absolute atomic E-state index is 11.7. The minimum Gasteiger partial charge on any atom is -0.345 e. The van der Waals surface area contributed by atoms with Crippen LogP contribution >= 0.6 is 0 Å². The molecule has 1 aliphatic heterocycles. The molecule has 80 valence electrons. The first-order valence-corrected chi connectivity index (χ1v) is 4.61. The van der Waals surface area contributed by atoms with Gasteiger partial charge in [-0.3, -0.25) is 19.3 Å². The van der Waals surface area contributed by atoms with Crippen LogP contribution in [-0.4, -0.2) is 35.2 Å². The summed E-state index contributed by atoms with van der Waals surface area (Å²) >= 11 is 0. The summed E-state index contributed by atoms with van der Waals surface area (Å²) in [4.78, 5) is 34.8. The van der Waals surface area contributed by atoms with Gasteiger partial charge in [0.25, 0.3) is 5.91 Å². The van der Waals surface area contributed by atoms with Gasteiger partial charge in [-0.05, 0) is 6.42 Å². The SMILES string of the molecule is C#CCN1C(=O)CCC(NC(C)=O)C1=O. The van der Waals surface area contributed by atoms with E-state index in [1.165, 1.54) is 6.92 Å². The third-order valence-electron chi connectivity index (χ3n) is 2.14. The molecule has 0 aromatic carbocycles. The fraction of sp³-hybridized carbons (Fsp3) is 0.500. The maximum atomic E-state index is 11.7. The normalized spacial score (nSPS) is 21.1. The highest BCUT2D eigenvalue weighted by Crippen LogP contribution is 2.12. The van der Waals surface area contributed by atoms with Crippen LogP contribution < -0.4 is 5.32 Å². The molecule has 0 aliphatic carbocycles. The number of rotatable bonds is 2. The lowest BCUT2D eigenvalue weighted by atomic mass is 10.0. The third-order valence-corrected chi connectivity index (χ3v) is 2.14. The van der Waals surface area contributed by atoms with E-state index in [1.807, 2.05) is 0 Å². The molecule has 1 rings (SSSR count). The molecular weight excluding hydrogens is 196 g/mol. The molecule has 15 heavy (non-hydrogen) atoms. The number of hydrogen-bond donors (Lipinski definition) is 1. The van der Waals surface area contributed by atoms with E-state index in [1.54, 1.807) is 0 Å². The minimum absolute atomic E-state index is 0.0340. The Balaban J connectivity index is 2.73. The van der Waals surface area contributed by atoms with Crippen molar-refractivity contribution >= 4 is 17.7 Å². The predicted octanol–water partition coefficient (Wildman–Crippen LogP) is -0.727. The summed E-state index contributed by atoms with van der Waals surface area (Å²) in [5.74, 6) is 1.26. The number of hydrogen-bond acceptors (Lipinski definition) is 3. The van der Waals surface area contributed by atoms with Gasteiger partial charge in [0.15, 0.2) is 0 Å². The van der Waals surface area contributed by atoms with Crippen LogP contribution in [0.4, 0.5) is 0 Å². The van der Waals surface area contributed by atoms with Crippen LogP contribution in [0, 0.1) is 12.3 Å². The zero-order valence-corrected chi connectivity index (χ0v) is 8.45. The molecule has 0 aromatic heterocycles. The van der Waals surface area contributed by atoms with Crippen molar-refractivity contribution in [3.63, 3.8) is 0 Å². The van der Waals surface area contributed by atoms with Gasteiger partial charge >= 0.3 is 0 Å². The first-order valence-electron chi connectivity index (χ1n) is 4.61. The lowest BCUT2D eigenvalue weighted by Crippen LogP contribution is -2.54. The number of amides is 3. The number of piperidine rings is 1. The third kappa shape index (κ3) is 2.56. The Bertz CT molecular complexity index is 343. The summed E-state index contributed by atoms with van der Waals surface area (Å²) in [7, 11) is 0. The van der Waals surface area contributed by atoms with Crippen LogP contribution in [-0.2, 0) is 14.4 Å². The largest absolute Gasteiger partial charge is 0.345 e. The fourth-order valence-electron chi connectivity index (χ4n) is 1.47. The van der Waals surface area contributed by atoms with Crippen LogP contribution in [0.1, 0.15) is 19.8 Å². The molecule has 1 atom stereocenters. The number of carbonyl (C=O) groups excluding carboxylic acids is 3. The van der Waals surface area contributed by atoms with Gasteiger partial charge in [-0.2, -0.15) is 0 Å². The second-order valence-corrected chi connectivity index (χ2v) is 3.31. The van der Waals surface area contributed by atoms with Crippen molar-refractivity contribution in [1.82, 2.24) is 10.2 Å². The zero-order chi connectivity index (χ0) is 11.4. The van der Waals surface area contributed by atoms with Crippen molar-refractivity contribution in [2.24, 2.45) is 0 Å². The van der Waals surface area contributed by atoms with Crippen molar-refractivity contribution < 1.29 is 14.4 Å². The van der Waals surface area contributed by atoms with E-state index in [2.05, 4.69) is 11.2 Å². The average Bonchev–Trinajstić information content (AvgIpc) is 2.16. The summed E-state index contributed by atoms with van der Waals surface area (Å²) in [5.41, 5.74) is 0. The number of terminal acetylenes is 1. The molecule has 1 unspecified atom stereocenters. The molecule has 0 saturated carbocycles. The Morgan fingerprint density at radius 3 is 2.87 bits per heavy atom. The van der Waals surface area contributed by atoms with E-state index < -0.39 is 11.9 Å². The van der Waals surface area contributed by atoms with E-state index >= 15 is 0 Å². The van der Waals surface area contributed by atoms with Crippen molar-refractivity contribution in [2.45, 2.75) is 25.8 Å². The average molecular weight is 208 g/mol. The van der Waals surface area contributed by atoms with Crippen LogP contribution in [0.2, 0.25) is 0 Å². The fourth-order valence-corrected chi connectivity index (χ4v) is 1.47. The quantitative estimate of drug-likeness (QED) is 0.480. The first-order chi connectivity index (χ1) is 7.06. The Labute approximate surface area is 87.8 Å². The Hall–Kier alpha value is -1.83. The van der Waals surface area contributed by atoms with E-state index in [0.717, 1.165) is 4.90 Å². The van der Waals surface area contributed by atoms with Crippen molar-refractivity contribution in [2.75, 3.05) is 6.54 Å². The summed E-state index contributed by atoms with van der Waals surface area (Å²) in [6, 6.07) is -0.617. The van der Waals surface area contributed by atoms with Crippen molar-refractivity contribution in [3.8, 4) is 12.3 Å². The Morgan fingerprint density at radius 2 is 2.33 bits per heavy atom. The van der Waals surface area contributed by atoms with Gasteiger partial charge < -0.3 is 5.32 Å². The van der Waals surface area contributed by atoms with Gasteiger partial charge in [-0.25, -0.2) is 0 Å². The maximum Gasteiger partial charge on any atom is 0.252 e. The molecule has 1 fully saturated rings. The topological polar surface area (TPSA) is 66.5 Å². The molecule has 5 heteroatoms. The van der Waals surface area contributed by atoms with Crippen molar-refractivity contribution in [1.29, 1.82) is 0 Å².